The Kier molecular flexibility index (Phi) is 2.67. The quantitative estimate of drug-likeness (QED) is 0.799. The number of hydrogen-bond acceptors (Lipinski definition) is 4. The zero-order valence-electron chi connectivity index (χ0n) is 9.14. The minimum absolute atomic E-state index is 0.129. The van der Waals surface area contributed by atoms with Crippen molar-refractivity contribution in [2.24, 2.45) is 5.73 Å². The normalized spacial score (nSPS) is 18.1. The summed E-state index contributed by atoms with van der Waals surface area (Å²) < 4.78 is 26.6. The molecule has 0 heterocycles. The van der Waals surface area contributed by atoms with Crippen molar-refractivity contribution >= 4 is 10.1 Å². The lowest BCUT2D eigenvalue weighted by atomic mass is 9.96. The molecule has 1 aliphatic carbocycles. The van der Waals surface area contributed by atoms with E-state index in [1.54, 1.807) is 12.1 Å². The third kappa shape index (κ3) is 2.36. The van der Waals surface area contributed by atoms with Crippen molar-refractivity contribution < 1.29 is 12.6 Å². The zero-order valence-corrected chi connectivity index (χ0v) is 9.96. The van der Waals surface area contributed by atoms with Crippen LogP contribution in [0.15, 0.2) is 24.3 Å². The molecule has 0 aliphatic heterocycles. The van der Waals surface area contributed by atoms with E-state index < -0.39 is 10.1 Å². The standard InChI is InChI=1S/C11H15NO3S/c1-16(13,14)15-10-4-2-9(3-5-10)11(8-12)6-7-11/h2-5H,6-8,12H2,1H3. The van der Waals surface area contributed by atoms with Crippen LogP contribution in [0, 0.1) is 0 Å². The Morgan fingerprint density at radius 2 is 1.88 bits per heavy atom. The summed E-state index contributed by atoms with van der Waals surface area (Å²) >= 11 is 0. The van der Waals surface area contributed by atoms with E-state index in [0.717, 1.165) is 24.7 Å². The average molecular weight is 241 g/mol. The van der Waals surface area contributed by atoms with Gasteiger partial charge in [0.15, 0.2) is 0 Å². The Bertz CT molecular complexity index is 474. The molecule has 0 bridgehead atoms. The second-order valence-corrected chi connectivity index (χ2v) is 5.87. The van der Waals surface area contributed by atoms with Crippen molar-refractivity contribution in [3.05, 3.63) is 29.8 Å². The molecule has 0 amide bonds. The van der Waals surface area contributed by atoms with E-state index in [0.29, 0.717) is 12.3 Å². The van der Waals surface area contributed by atoms with E-state index in [1.807, 2.05) is 12.1 Å². The largest absolute Gasteiger partial charge is 0.383 e. The smallest absolute Gasteiger partial charge is 0.306 e. The zero-order chi connectivity index (χ0) is 11.8. The van der Waals surface area contributed by atoms with E-state index in [9.17, 15) is 8.42 Å². The van der Waals surface area contributed by atoms with Gasteiger partial charge in [-0.15, -0.1) is 0 Å². The SMILES string of the molecule is CS(=O)(=O)Oc1ccc(C2(CN)CC2)cc1. The minimum Gasteiger partial charge on any atom is -0.383 e. The molecule has 1 aromatic rings. The van der Waals surface area contributed by atoms with Crippen LogP contribution < -0.4 is 9.92 Å². The molecule has 2 N–H and O–H groups in total. The summed E-state index contributed by atoms with van der Waals surface area (Å²) in [6.07, 6.45) is 3.24. The minimum atomic E-state index is -3.44. The lowest BCUT2D eigenvalue weighted by Gasteiger charge is -2.13. The van der Waals surface area contributed by atoms with Crippen LogP contribution in [0.25, 0.3) is 0 Å². The molecule has 16 heavy (non-hydrogen) atoms. The van der Waals surface area contributed by atoms with Gasteiger partial charge in [0.2, 0.25) is 0 Å². The number of rotatable bonds is 4. The maximum atomic E-state index is 10.9. The van der Waals surface area contributed by atoms with Gasteiger partial charge in [-0.1, -0.05) is 12.1 Å². The van der Waals surface area contributed by atoms with Gasteiger partial charge in [0.05, 0.1) is 6.26 Å². The van der Waals surface area contributed by atoms with Crippen LogP contribution in [-0.4, -0.2) is 21.2 Å². The molecule has 88 valence electrons. The molecule has 5 heteroatoms. The van der Waals surface area contributed by atoms with Crippen LogP contribution in [0.4, 0.5) is 0 Å². The first kappa shape index (κ1) is 11.4. The van der Waals surface area contributed by atoms with E-state index in [2.05, 4.69) is 0 Å². The predicted octanol–water partition coefficient (Wildman–Crippen LogP) is 1.02. The van der Waals surface area contributed by atoms with Crippen LogP contribution in [0.2, 0.25) is 0 Å². The Morgan fingerprint density at radius 3 is 2.25 bits per heavy atom. The molecule has 4 nitrogen and oxygen atoms in total. The van der Waals surface area contributed by atoms with Crippen LogP contribution in [0.5, 0.6) is 5.75 Å². The van der Waals surface area contributed by atoms with E-state index in [1.165, 1.54) is 0 Å². The number of nitrogens with two attached hydrogens (primary N) is 1. The Morgan fingerprint density at radius 1 is 1.31 bits per heavy atom. The highest BCUT2D eigenvalue weighted by Crippen LogP contribution is 2.47. The maximum Gasteiger partial charge on any atom is 0.306 e. The van der Waals surface area contributed by atoms with Gasteiger partial charge >= 0.3 is 10.1 Å². The highest BCUT2D eigenvalue weighted by Gasteiger charge is 2.42. The lowest BCUT2D eigenvalue weighted by Crippen LogP contribution is -2.19. The van der Waals surface area contributed by atoms with Crippen molar-refractivity contribution in [2.45, 2.75) is 18.3 Å². The summed E-state index contributed by atoms with van der Waals surface area (Å²) in [4.78, 5) is 0. The molecular formula is C11H15NO3S. The van der Waals surface area contributed by atoms with Crippen molar-refractivity contribution in [2.75, 3.05) is 12.8 Å². The van der Waals surface area contributed by atoms with Crippen LogP contribution in [-0.2, 0) is 15.5 Å². The molecule has 0 radical (unpaired) electrons. The second kappa shape index (κ2) is 3.75. The van der Waals surface area contributed by atoms with Gasteiger partial charge in [-0.3, -0.25) is 0 Å². The predicted molar refractivity (Wildman–Crippen MR) is 61.9 cm³/mol. The van der Waals surface area contributed by atoms with Gasteiger partial charge in [0, 0.05) is 12.0 Å². The van der Waals surface area contributed by atoms with Crippen molar-refractivity contribution in [3.63, 3.8) is 0 Å². The first-order valence-corrected chi connectivity index (χ1v) is 6.97. The lowest BCUT2D eigenvalue weighted by molar-refractivity contribution is 0.492. The molecule has 1 aromatic carbocycles. The van der Waals surface area contributed by atoms with Gasteiger partial charge < -0.3 is 9.92 Å². The molecule has 1 saturated carbocycles. The Labute approximate surface area is 95.5 Å². The first-order chi connectivity index (χ1) is 7.45. The van der Waals surface area contributed by atoms with Gasteiger partial charge in [0.25, 0.3) is 0 Å². The van der Waals surface area contributed by atoms with E-state index in [4.69, 9.17) is 9.92 Å². The summed E-state index contributed by atoms with van der Waals surface area (Å²) in [5.41, 5.74) is 7.00. The van der Waals surface area contributed by atoms with Crippen LogP contribution in [0.1, 0.15) is 18.4 Å². The van der Waals surface area contributed by atoms with E-state index in [-0.39, 0.29) is 5.41 Å². The monoisotopic (exact) mass is 241 g/mol. The topological polar surface area (TPSA) is 69.4 Å². The molecule has 0 atom stereocenters. The van der Waals surface area contributed by atoms with E-state index >= 15 is 0 Å². The number of hydrogen-bond donors (Lipinski definition) is 1. The third-order valence-electron chi connectivity index (χ3n) is 2.96. The molecule has 0 saturated heterocycles. The fourth-order valence-electron chi connectivity index (χ4n) is 1.80. The van der Waals surface area contributed by atoms with Gasteiger partial charge in [-0.2, -0.15) is 8.42 Å². The summed E-state index contributed by atoms with van der Waals surface area (Å²) in [6, 6.07) is 7.12. The van der Waals surface area contributed by atoms with Gasteiger partial charge in [-0.25, -0.2) is 0 Å². The summed E-state index contributed by atoms with van der Waals surface area (Å²) in [7, 11) is -3.44. The molecular weight excluding hydrogens is 226 g/mol. The molecule has 1 aliphatic rings. The molecule has 0 aromatic heterocycles. The number of benzene rings is 1. The summed E-state index contributed by atoms with van der Waals surface area (Å²) in [5, 5.41) is 0. The van der Waals surface area contributed by atoms with Crippen LogP contribution in [0.3, 0.4) is 0 Å². The molecule has 1 fully saturated rings. The fourth-order valence-corrected chi connectivity index (χ4v) is 2.26. The van der Waals surface area contributed by atoms with Crippen molar-refractivity contribution in [1.82, 2.24) is 0 Å². The molecule has 2 rings (SSSR count). The first-order valence-electron chi connectivity index (χ1n) is 5.15. The fraction of sp³-hybridized carbons (Fsp3) is 0.455. The third-order valence-corrected chi connectivity index (χ3v) is 3.45. The van der Waals surface area contributed by atoms with Gasteiger partial charge in [-0.05, 0) is 30.5 Å². The van der Waals surface area contributed by atoms with Crippen LogP contribution >= 0.6 is 0 Å². The van der Waals surface area contributed by atoms with Crippen molar-refractivity contribution in [3.8, 4) is 5.75 Å². The Balaban J connectivity index is 2.17. The maximum absolute atomic E-state index is 10.9. The summed E-state index contributed by atoms with van der Waals surface area (Å²) in [5.74, 6) is 0.346. The second-order valence-electron chi connectivity index (χ2n) is 4.30. The highest BCUT2D eigenvalue weighted by atomic mass is 32.2. The summed E-state index contributed by atoms with van der Waals surface area (Å²) in [6.45, 7) is 0.638. The van der Waals surface area contributed by atoms with Crippen molar-refractivity contribution in [1.29, 1.82) is 0 Å². The average Bonchev–Trinajstić information content (AvgIpc) is 2.97. The molecule has 0 spiro atoms. The van der Waals surface area contributed by atoms with Gasteiger partial charge in [0.1, 0.15) is 5.75 Å². The molecule has 0 unspecified atom stereocenters. The highest BCUT2D eigenvalue weighted by molar-refractivity contribution is 7.86. The Hall–Kier alpha value is -1.07.